The highest BCUT2D eigenvalue weighted by Gasteiger charge is 2.66. The zero-order valence-electron chi connectivity index (χ0n) is 10.4. The van der Waals surface area contributed by atoms with E-state index in [9.17, 15) is 13.2 Å². The third-order valence-corrected chi connectivity index (χ3v) is 6.30. The minimum Gasteiger partial charge on any atom is -0.468 e. The van der Waals surface area contributed by atoms with E-state index in [0.717, 1.165) is 0 Å². The molecule has 1 aromatic carbocycles. The van der Waals surface area contributed by atoms with Crippen LogP contribution in [-0.4, -0.2) is 38.5 Å². The standard InChI is InChI=1S/C13H14O5S/c1-17-12(14)13(7-10-11(8-13)18-10)19(15,16)9-5-3-2-4-6-9/h2-6,10-11H,7-8H2,1H3/t10-,11+,13?. The van der Waals surface area contributed by atoms with E-state index in [1.54, 1.807) is 18.2 Å². The number of sulfone groups is 1. The van der Waals surface area contributed by atoms with Crippen LogP contribution in [0.5, 0.6) is 0 Å². The van der Waals surface area contributed by atoms with Crippen molar-refractivity contribution in [1.29, 1.82) is 0 Å². The fraction of sp³-hybridized carbons (Fsp3) is 0.462. The lowest BCUT2D eigenvalue weighted by Crippen LogP contribution is -2.46. The molecule has 1 unspecified atom stereocenters. The van der Waals surface area contributed by atoms with Crippen LogP contribution in [0.1, 0.15) is 12.8 Å². The second-order valence-electron chi connectivity index (χ2n) is 4.92. The number of carbonyl (C=O) groups excluding carboxylic acids is 1. The molecule has 1 saturated carbocycles. The first-order chi connectivity index (χ1) is 9.01. The summed E-state index contributed by atoms with van der Waals surface area (Å²) in [5.74, 6) is -0.688. The number of carbonyl (C=O) groups is 1. The summed E-state index contributed by atoms with van der Waals surface area (Å²) in [4.78, 5) is 12.2. The van der Waals surface area contributed by atoms with Crippen molar-refractivity contribution in [3.05, 3.63) is 30.3 Å². The molecule has 1 aromatic rings. The van der Waals surface area contributed by atoms with E-state index >= 15 is 0 Å². The number of esters is 1. The van der Waals surface area contributed by atoms with Crippen LogP contribution in [0, 0.1) is 0 Å². The summed E-state index contributed by atoms with van der Waals surface area (Å²) in [5.41, 5.74) is 0. The molecule has 0 radical (unpaired) electrons. The molecule has 6 heteroatoms. The minimum absolute atomic E-state index is 0.127. The summed E-state index contributed by atoms with van der Waals surface area (Å²) < 4.78 is 34.0. The van der Waals surface area contributed by atoms with Gasteiger partial charge in [0.2, 0.25) is 0 Å². The van der Waals surface area contributed by atoms with E-state index in [4.69, 9.17) is 9.47 Å². The van der Waals surface area contributed by atoms with Gasteiger partial charge in [-0.25, -0.2) is 8.42 Å². The number of rotatable bonds is 3. The summed E-state index contributed by atoms with van der Waals surface area (Å²) >= 11 is 0. The van der Waals surface area contributed by atoms with Gasteiger partial charge < -0.3 is 9.47 Å². The lowest BCUT2D eigenvalue weighted by atomic mass is 10.1. The van der Waals surface area contributed by atoms with Gasteiger partial charge in [-0.1, -0.05) is 18.2 Å². The molecular weight excluding hydrogens is 268 g/mol. The summed E-state index contributed by atoms with van der Waals surface area (Å²) in [6, 6.07) is 8.03. The van der Waals surface area contributed by atoms with Gasteiger partial charge >= 0.3 is 5.97 Å². The number of hydrogen-bond donors (Lipinski definition) is 0. The van der Waals surface area contributed by atoms with Crippen LogP contribution < -0.4 is 0 Å². The third-order valence-electron chi connectivity index (χ3n) is 3.87. The topological polar surface area (TPSA) is 73.0 Å². The van der Waals surface area contributed by atoms with E-state index < -0.39 is 20.6 Å². The fourth-order valence-corrected chi connectivity index (χ4v) is 4.82. The molecule has 1 heterocycles. The van der Waals surface area contributed by atoms with Gasteiger partial charge in [-0.15, -0.1) is 0 Å². The maximum absolute atomic E-state index is 12.8. The van der Waals surface area contributed by atoms with E-state index in [1.807, 2.05) is 0 Å². The molecule has 0 N–H and O–H groups in total. The lowest BCUT2D eigenvalue weighted by molar-refractivity contribution is -0.144. The Hall–Kier alpha value is -1.40. The van der Waals surface area contributed by atoms with Crippen LogP contribution in [0.4, 0.5) is 0 Å². The summed E-state index contributed by atoms with van der Waals surface area (Å²) in [5, 5.41) is 0. The first kappa shape index (κ1) is 12.6. The molecule has 0 aromatic heterocycles. The van der Waals surface area contributed by atoms with Crippen LogP contribution in [0.2, 0.25) is 0 Å². The first-order valence-electron chi connectivity index (χ1n) is 6.05. The van der Waals surface area contributed by atoms with Gasteiger partial charge in [0, 0.05) is 12.8 Å². The van der Waals surface area contributed by atoms with Gasteiger partial charge in [0.25, 0.3) is 0 Å². The maximum atomic E-state index is 12.8. The van der Waals surface area contributed by atoms with E-state index in [-0.39, 0.29) is 29.9 Å². The van der Waals surface area contributed by atoms with Crippen molar-refractivity contribution in [3.8, 4) is 0 Å². The van der Waals surface area contributed by atoms with Crippen molar-refractivity contribution in [3.63, 3.8) is 0 Å². The number of ether oxygens (including phenoxy) is 2. The van der Waals surface area contributed by atoms with Crippen molar-refractivity contribution in [2.45, 2.75) is 34.7 Å². The third kappa shape index (κ3) is 1.70. The molecular formula is C13H14O5S. The van der Waals surface area contributed by atoms with Crippen molar-refractivity contribution in [2.24, 2.45) is 0 Å². The Morgan fingerprint density at radius 1 is 1.26 bits per heavy atom. The highest BCUT2D eigenvalue weighted by Crippen LogP contribution is 2.50. The number of benzene rings is 1. The van der Waals surface area contributed by atoms with Crippen LogP contribution in [0.3, 0.4) is 0 Å². The second kappa shape index (κ2) is 4.05. The molecule has 2 fully saturated rings. The molecule has 1 aliphatic heterocycles. The fourth-order valence-electron chi connectivity index (χ4n) is 2.78. The lowest BCUT2D eigenvalue weighted by Gasteiger charge is -2.27. The normalized spacial score (nSPS) is 32.7. The highest BCUT2D eigenvalue weighted by molar-refractivity contribution is 7.93. The van der Waals surface area contributed by atoms with Crippen molar-refractivity contribution in [1.82, 2.24) is 0 Å². The number of epoxide rings is 1. The van der Waals surface area contributed by atoms with Gasteiger partial charge in [-0.3, -0.25) is 4.79 Å². The first-order valence-corrected chi connectivity index (χ1v) is 7.53. The predicted octanol–water partition coefficient (Wildman–Crippen LogP) is 0.933. The van der Waals surface area contributed by atoms with Gasteiger partial charge in [0.15, 0.2) is 14.6 Å². The predicted molar refractivity (Wildman–Crippen MR) is 66.3 cm³/mol. The number of methoxy groups -OCH3 is 1. The molecule has 1 saturated heterocycles. The Morgan fingerprint density at radius 2 is 1.84 bits per heavy atom. The zero-order valence-corrected chi connectivity index (χ0v) is 11.2. The molecule has 3 rings (SSSR count). The Kier molecular flexibility index (Phi) is 2.69. The van der Waals surface area contributed by atoms with Crippen LogP contribution in [0.25, 0.3) is 0 Å². The number of hydrogen-bond acceptors (Lipinski definition) is 5. The van der Waals surface area contributed by atoms with E-state index in [2.05, 4.69) is 0 Å². The van der Waals surface area contributed by atoms with E-state index in [0.29, 0.717) is 0 Å². The molecule has 102 valence electrons. The Balaban J connectivity index is 2.08. The quantitative estimate of drug-likeness (QED) is 0.609. The van der Waals surface area contributed by atoms with Crippen LogP contribution in [-0.2, 0) is 24.1 Å². The molecule has 0 bridgehead atoms. The molecule has 0 spiro atoms. The Labute approximate surface area is 111 Å². The molecule has 1 aliphatic carbocycles. The number of fused-ring (bicyclic) bond motifs is 1. The maximum Gasteiger partial charge on any atom is 0.327 e. The van der Waals surface area contributed by atoms with E-state index in [1.165, 1.54) is 19.2 Å². The zero-order chi connectivity index (χ0) is 13.7. The average molecular weight is 282 g/mol. The van der Waals surface area contributed by atoms with Crippen LogP contribution in [0.15, 0.2) is 35.2 Å². The highest BCUT2D eigenvalue weighted by atomic mass is 32.2. The minimum atomic E-state index is -3.77. The smallest absolute Gasteiger partial charge is 0.327 e. The molecule has 19 heavy (non-hydrogen) atoms. The average Bonchev–Trinajstić information content (AvgIpc) is 3.05. The summed E-state index contributed by atoms with van der Waals surface area (Å²) in [7, 11) is -2.55. The van der Waals surface area contributed by atoms with Crippen molar-refractivity contribution >= 4 is 15.8 Å². The van der Waals surface area contributed by atoms with Gasteiger partial charge in [0.1, 0.15) is 0 Å². The summed E-state index contributed by atoms with van der Waals surface area (Å²) in [6.45, 7) is 0. The van der Waals surface area contributed by atoms with Crippen molar-refractivity contribution in [2.75, 3.05) is 7.11 Å². The molecule has 3 atom stereocenters. The van der Waals surface area contributed by atoms with Crippen LogP contribution >= 0.6 is 0 Å². The monoisotopic (exact) mass is 282 g/mol. The SMILES string of the molecule is COC(=O)C1(S(=O)(=O)c2ccccc2)C[C@@H]2O[C@@H]2C1. The molecule has 0 amide bonds. The van der Waals surface area contributed by atoms with Gasteiger partial charge in [0.05, 0.1) is 24.2 Å². The van der Waals surface area contributed by atoms with Gasteiger partial charge in [-0.2, -0.15) is 0 Å². The Bertz CT molecular complexity index is 597. The second-order valence-corrected chi connectivity index (χ2v) is 7.18. The molecule has 2 aliphatic rings. The summed E-state index contributed by atoms with van der Waals surface area (Å²) in [6.07, 6.45) is 0.110. The van der Waals surface area contributed by atoms with Crippen molar-refractivity contribution < 1.29 is 22.7 Å². The Morgan fingerprint density at radius 3 is 2.37 bits per heavy atom. The van der Waals surface area contributed by atoms with Gasteiger partial charge in [-0.05, 0) is 12.1 Å². The molecule has 5 nitrogen and oxygen atoms in total. The largest absolute Gasteiger partial charge is 0.468 e.